The van der Waals surface area contributed by atoms with E-state index in [9.17, 15) is 9.59 Å². The maximum atomic E-state index is 11.5. The molecule has 0 aromatic heterocycles. The number of unbranched alkanes of at least 4 members (excludes halogenated alkanes) is 1. The molecule has 0 bridgehead atoms. The second-order valence-corrected chi connectivity index (χ2v) is 8.18. The third kappa shape index (κ3) is 9.66. The molecule has 0 atom stereocenters. The van der Waals surface area contributed by atoms with Gasteiger partial charge in [-0.05, 0) is 26.2 Å². The van der Waals surface area contributed by atoms with Crippen molar-refractivity contribution in [2.24, 2.45) is 0 Å². The minimum Gasteiger partial charge on any atom is -0.462 e. The molecule has 1 N–H and O–H groups in total. The van der Waals surface area contributed by atoms with Crippen LogP contribution < -0.4 is 5.32 Å². The van der Waals surface area contributed by atoms with E-state index in [1.807, 2.05) is 0 Å². The third-order valence-electron chi connectivity index (χ3n) is 3.22. The fourth-order valence-electron chi connectivity index (χ4n) is 1.76. The predicted molar refractivity (Wildman–Crippen MR) is 90.6 cm³/mol. The predicted octanol–water partition coefficient (Wildman–Crippen LogP) is 1.88. The Balaban J connectivity index is 3.64. The van der Waals surface area contributed by atoms with Crippen LogP contribution in [0.5, 0.6) is 0 Å². The maximum absolute atomic E-state index is 11.5. The fraction of sp³-hybridized carbons (Fsp3) is 0.733. The van der Waals surface area contributed by atoms with Gasteiger partial charge in [-0.2, -0.15) is 0 Å². The SMILES string of the molecule is C=C(C)C(=O)OCCCCOC(=O)NCCC[Si](OC)(OC)OC. The molecule has 0 rings (SSSR count). The molecule has 0 aliphatic carbocycles. The average molecular weight is 363 g/mol. The molecule has 9 heteroatoms. The Morgan fingerprint density at radius 3 is 2.00 bits per heavy atom. The second kappa shape index (κ2) is 12.9. The van der Waals surface area contributed by atoms with E-state index in [-0.39, 0.29) is 13.2 Å². The molecule has 0 saturated heterocycles. The normalized spacial score (nSPS) is 11.0. The second-order valence-electron chi connectivity index (χ2n) is 5.08. The van der Waals surface area contributed by atoms with Crippen molar-refractivity contribution in [1.29, 1.82) is 0 Å². The van der Waals surface area contributed by atoms with Crippen molar-refractivity contribution < 1.29 is 32.3 Å². The van der Waals surface area contributed by atoms with E-state index in [0.29, 0.717) is 37.4 Å². The van der Waals surface area contributed by atoms with Gasteiger partial charge in [0.25, 0.3) is 0 Å². The van der Waals surface area contributed by atoms with Crippen LogP contribution in [0.3, 0.4) is 0 Å². The molecule has 0 aromatic rings. The van der Waals surface area contributed by atoms with Crippen molar-refractivity contribution in [2.75, 3.05) is 41.1 Å². The molecule has 8 nitrogen and oxygen atoms in total. The number of amides is 1. The lowest BCUT2D eigenvalue weighted by atomic mass is 10.3. The zero-order chi connectivity index (χ0) is 18.4. The number of alkyl carbamates (subject to hydrolysis) is 1. The highest BCUT2D eigenvalue weighted by molar-refractivity contribution is 6.60. The first-order valence-electron chi connectivity index (χ1n) is 7.79. The van der Waals surface area contributed by atoms with E-state index in [4.69, 9.17) is 22.8 Å². The number of hydrogen-bond donors (Lipinski definition) is 1. The number of ether oxygens (including phenoxy) is 2. The first-order chi connectivity index (χ1) is 11.4. The van der Waals surface area contributed by atoms with Gasteiger partial charge in [0.2, 0.25) is 0 Å². The molecular formula is C15H29NO7Si. The number of hydrogen-bond acceptors (Lipinski definition) is 7. The highest BCUT2D eigenvalue weighted by Crippen LogP contribution is 2.14. The van der Waals surface area contributed by atoms with Gasteiger partial charge >= 0.3 is 20.9 Å². The van der Waals surface area contributed by atoms with Gasteiger partial charge in [0, 0.05) is 39.5 Å². The van der Waals surface area contributed by atoms with Crippen LogP contribution in [-0.2, 0) is 27.5 Å². The Bertz CT molecular complexity index is 391. The van der Waals surface area contributed by atoms with Gasteiger partial charge in [-0.15, -0.1) is 0 Å². The molecule has 0 fully saturated rings. The van der Waals surface area contributed by atoms with E-state index in [1.54, 1.807) is 28.3 Å². The van der Waals surface area contributed by atoms with Crippen molar-refractivity contribution in [2.45, 2.75) is 32.2 Å². The molecule has 0 heterocycles. The summed E-state index contributed by atoms with van der Waals surface area (Å²) in [6.45, 7) is 6.08. The van der Waals surface area contributed by atoms with Crippen LogP contribution in [0.1, 0.15) is 26.2 Å². The van der Waals surface area contributed by atoms with Gasteiger partial charge in [0.15, 0.2) is 0 Å². The Morgan fingerprint density at radius 2 is 1.50 bits per heavy atom. The van der Waals surface area contributed by atoms with E-state index < -0.39 is 20.9 Å². The number of rotatable bonds is 13. The van der Waals surface area contributed by atoms with E-state index >= 15 is 0 Å². The van der Waals surface area contributed by atoms with Crippen LogP contribution in [-0.4, -0.2) is 62.0 Å². The molecule has 0 aliphatic heterocycles. The minimum absolute atomic E-state index is 0.267. The summed E-state index contributed by atoms with van der Waals surface area (Å²) >= 11 is 0. The standard InChI is InChI=1S/C15H29NO7Si/c1-13(2)14(17)22-10-6-7-11-23-15(18)16-9-8-12-24(19-3,20-4)21-5/h1,6-12H2,2-5H3,(H,16,18). The number of esters is 1. The largest absolute Gasteiger partial charge is 0.500 e. The zero-order valence-corrected chi connectivity index (χ0v) is 16.0. The fourth-order valence-corrected chi connectivity index (χ4v) is 3.48. The Kier molecular flexibility index (Phi) is 12.2. The van der Waals surface area contributed by atoms with Crippen molar-refractivity contribution in [3.8, 4) is 0 Å². The van der Waals surface area contributed by atoms with Crippen LogP contribution in [0.15, 0.2) is 12.2 Å². The van der Waals surface area contributed by atoms with Crippen LogP contribution >= 0.6 is 0 Å². The molecule has 0 saturated carbocycles. The van der Waals surface area contributed by atoms with Crippen molar-refractivity contribution in [3.63, 3.8) is 0 Å². The Labute approximate surface area is 144 Å². The van der Waals surface area contributed by atoms with Crippen molar-refractivity contribution in [1.82, 2.24) is 5.32 Å². The van der Waals surface area contributed by atoms with E-state index in [1.165, 1.54) is 0 Å². The number of nitrogens with one attached hydrogen (secondary N) is 1. The molecular weight excluding hydrogens is 334 g/mol. The summed E-state index contributed by atoms with van der Waals surface area (Å²) < 4.78 is 25.8. The summed E-state index contributed by atoms with van der Waals surface area (Å²) in [7, 11) is 2.06. The van der Waals surface area contributed by atoms with Crippen LogP contribution in [0.25, 0.3) is 0 Å². The average Bonchev–Trinajstić information content (AvgIpc) is 2.58. The molecule has 0 radical (unpaired) electrons. The van der Waals surface area contributed by atoms with E-state index in [0.717, 1.165) is 0 Å². The topological polar surface area (TPSA) is 92.3 Å². The van der Waals surface area contributed by atoms with Crippen molar-refractivity contribution in [3.05, 3.63) is 12.2 Å². The summed E-state index contributed by atoms with van der Waals surface area (Å²) in [5, 5.41) is 2.65. The monoisotopic (exact) mass is 363 g/mol. The lowest BCUT2D eigenvalue weighted by Crippen LogP contribution is -2.43. The van der Waals surface area contributed by atoms with Gasteiger partial charge in [-0.3, -0.25) is 0 Å². The summed E-state index contributed by atoms with van der Waals surface area (Å²) in [5.74, 6) is -0.406. The smallest absolute Gasteiger partial charge is 0.462 e. The lowest BCUT2D eigenvalue weighted by Gasteiger charge is -2.24. The molecule has 24 heavy (non-hydrogen) atoms. The van der Waals surface area contributed by atoms with Gasteiger partial charge in [0.05, 0.1) is 13.2 Å². The zero-order valence-electron chi connectivity index (χ0n) is 15.0. The minimum atomic E-state index is -2.59. The summed E-state index contributed by atoms with van der Waals surface area (Å²) in [6.07, 6.45) is 1.42. The number of carbonyl (C=O) groups excluding carboxylic acids is 2. The van der Waals surface area contributed by atoms with Crippen molar-refractivity contribution >= 4 is 20.9 Å². The quantitative estimate of drug-likeness (QED) is 0.231. The highest BCUT2D eigenvalue weighted by atomic mass is 28.4. The first kappa shape index (κ1) is 22.6. The molecule has 0 aromatic carbocycles. The Hall–Kier alpha value is -1.42. The van der Waals surface area contributed by atoms with Crippen LogP contribution in [0.2, 0.25) is 6.04 Å². The van der Waals surface area contributed by atoms with Crippen LogP contribution in [0.4, 0.5) is 4.79 Å². The molecule has 0 spiro atoms. The lowest BCUT2D eigenvalue weighted by molar-refractivity contribution is -0.139. The third-order valence-corrected chi connectivity index (χ3v) is 6.05. The maximum Gasteiger partial charge on any atom is 0.500 e. The summed E-state index contributed by atoms with van der Waals surface area (Å²) in [5.41, 5.74) is 0.369. The molecule has 1 amide bonds. The summed E-state index contributed by atoms with van der Waals surface area (Å²) in [4.78, 5) is 22.6. The van der Waals surface area contributed by atoms with E-state index in [2.05, 4.69) is 11.9 Å². The molecule has 140 valence electrons. The van der Waals surface area contributed by atoms with Gasteiger partial charge < -0.3 is 28.1 Å². The summed E-state index contributed by atoms with van der Waals surface area (Å²) in [6, 6.07) is 0.602. The number of carbonyl (C=O) groups is 2. The van der Waals surface area contributed by atoms with Gasteiger partial charge in [0.1, 0.15) is 0 Å². The Morgan fingerprint density at radius 1 is 0.958 bits per heavy atom. The highest BCUT2D eigenvalue weighted by Gasteiger charge is 2.36. The van der Waals surface area contributed by atoms with Gasteiger partial charge in [-0.1, -0.05) is 6.58 Å². The van der Waals surface area contributed by atoms with Crippen LogP contribution in [0, 0.1) is 0 Å². The first-order valence-corrected chi connectivity index (χ1v) is 9.72. The molecule has 0 unspecified atom stereocenters. The molecule has 0 aliphatic rings. The van der Waals surface area contributed by atoms with Gasteiger partial charge in [-0.25, -0.2) is 9.59 Å².